The zero-order valence-corrected chi connectivity index (χ0v) is 15.4. The van der Waals surface area contributed by atoms with Crippen LogP contribution in [-0.4, -0.2) is 31.9 Å². The summed E-state index contributed by atoms with van der Waals surface area (Å²) in [6, 6.07) is 16.5. The zero-order valence-electron chi connectivity index (χ0n) is 15.4. The highest BCUT2D eigenvalue weighted by atomic mass is 16.4. The Morgan fingerprint density at radius 3 is 2.40 bits per heavy atom. The van der Waals surface area contributed by atoms with Crippen LogP contribution in [0, 0.1) is 0 Å². The maximum atomic E-state index is 11.8. The Labute approximate surface area is 169 Å². The second-order valence-corrected chi connectivity index (χ2v) is 6.36. The first-order chi connectivity index (χ1) is 14.5. The molecule has 1 heterocycles. The summed E-state index contributed by atoms with van der Waals surface area (Å²) >= 11 is 0. The molecule has 4 N–H and O–H groups in total. The quantitative estimate of drug-likeness (QED) is 0.434. The molecular weight excluding hydrogens is 386 g/mol. The van der Waals surface area contributed by atoms with E-state index in [0.29, 0.717) is 11.1 Å². The van der Waals surface area contributed by atoms with Crippen molar-refractivity contribution in [1.82, 2.24) is 9.78 Å². The van der Waals surface area contributed by atoms with Gasteiger partial charge in [0.05, 0.1) is 17.4 Å². The van der Waals surface area contributed by atoms with Gasteiger partial charge in [-0.2, -0.15) is 5.10 Å². The van der Waals surface area contributed by atoms with E-state index in [1.165, 1.54) is 41.2 Å². The number of benzene rings is 3. The maximum absolute atomic E-state index is 11.8. The smallest absolute Gasteiger partial charge is 0.335 e. The van der Waals surface area contributed by atoms with Crippen LogP contribution in [0.5, 0.6) is 5.75 Å². The molecule has 4 rings (SSSR count). The van der Waals surface area contributed by atoms with Crippen molar-refractivity contribution in [2.75, 3.05) is 0 Å². The highest BCUT2D eigenvalue weighted by Crippen LogP contribution is 2.36. The average molecular weight is 401 g/mol. The lowest BCUT2D eigenvalue weighted by Gasteiger charge is -2.06. The van der Waals surface area contributed by atoms with Gasteiger partial charge >= 0.3 is 5.97 Å². The van der Waals surface area contributed by atoms with Crippen molar-refractivity contribution in [3.05, 3.63) is 78.0 Å². The monoisotopic (exact) mass is 401 g/mol. The molecule has 0 radical (unpaired) electrons. The number of phenolic OH excluding ortho intramolecular Hbond substituents is 1. The number of primary amides is 1. The predicted molar refractivity (Wildman–Crippen MR) is 109 cm³/mol. The number of carboxylic acids is 1. The fourth-order valence-corrected chi connectivity index (χ4v) is 2.99. The van der Waals surface area contributed by atoms with Crippen molar-refractivity contribution in [2.45, 2.75) is 0 Å². The summed E-state index contributed by atoms with van der Waals surface area (Å²) in [5.74, 6) is -1.83. The van der Waals surface area contributed by atoms with Crippen LogP contribution in [0.1, 0.15) is 20.7 Å². The standard InChI is InChI=1S/C21H15N5O4/c22-19(28)16-11-23-26(14-8-5-13(6-9-14)21(29)30)20(16)25-24-18-15-4-2-1-3-12(15)7-10-17(18)27/h1-11,27H,(H2,22,28)(H,29,30). The highest BCUT2D eigenvalue weighted by Gasteiger charge is 2.17. The number of fused-ring (bicyclic) bond motifs is 1. The van der Waals surface area contributed by atoms with Crippen molar-refractivity contribution in [3.63, 3.8) is 0 Å². The minimum atomic E-state index is -1.06. The first kappa shape index (κ1) is 18.8. The van der Waals surface area contributed by atoms with E-state index in [1.54, 1.807) is 12.1 Å². The highest BCUT2D eigenvalue weighted by molar-refractivity contribution is 5.97. The second-order valence-electron chi connectivity index (χ2n) is 6.36. The third kappa shape index (κ3) is 3.35. The summed E-state index contributed by atoms with van der Waals surface area (Å²) in [6.45, 7) is 0. The van der Waals surface area contributed by atoms with Gasteiger partial charge in [0, 0.05) is 5.39 Å². The van der Waals surface area contributed by atoms with Crippen molar-refractivity contribution >= 4 is 34.2 Å². The summed E-state index contributed by atoms with van der Waals surface area (Å²) in [7, 11) is 0. The molecule has 0 bridgehead atoms. The number of phenols is 1. The van der Waals surface area contributed by atoms with Gasteiger partial charge in [-0.25, -0.2) is 9.48 Å². The fraction of sp³-hybridized carbons (Fsp3) is 0. The van der Waals surface area contributed by atoms with Crippen LogP contribution in [0.15, 0.2) is 77.1 Å². The van der Waals surface area contributed by atoms with Gasteiger partial charge in [0.15, 0.2) is 5.82 Å². The molecule has 3 aromatic carbocycles. The van der Waals surface area contributed by atoms with Crippen LogP contribution in [-0.2, 0) is 0 Å². The molecule has 9 heteroatoms. The number of amides is 1. The van der Waals surface area contributed by atoms with Gasteiger partial charge in [-0.1, -0.05) is 30.3 Å². The number of hydrogen-bond donors (Lipinski definition) is 3. The number of aromatic nitrogens is 2. The zero-order chi connectivity index (χ0) is 21.3. The normalized spacial score (nSPS) is 11.2. The van der Waals surface area contributed by atoms with Gasteiger partial charge in [0.1, 0.15) is 17.0 Å². The first-order valence-electron chi connectivity index (χ1n) is 8.79. The van der Waals surface area contributed by atoms with E-state index in [-0.39, 0.29) is 28.4 Å². The largest absolute Gasteiger partial charge is 0.506 e. The van der Waals surface area contributed by atoms with E-state index in [0.717, 1.165) is 5.39 Å². The predicted octanol–water partition coefficient (Wildman–Crippen LogP) is 3.94. The van der Waals surface area contributed by atoms with Crippen LogP contribution in [0.4, 0.5) is 11.5 Å². The topological polar surface area (TPSA) is 143 Å². The Hall–Kier alpha value is -4.53. The molecule has 0 unspecified atom stereocenters. The number of azo groups is 1. The molecule has 1 amide bonds. The Morgan fingerprint density at radius 1 is 0.967 bits per heavy atom. The Balaban J connectivity index is 1.83. The molecule has 0 aliphatic heterocycles. The number of aromatic hydroxyl groups is 1. The van der Waals surface area contributed by atoms with Gasteiger partial charge in [-0.05, 0) is 35.7 Å². The van der Waals surface area contributed by atoms with E-state index in [4.69, 9.17) is 10.8 Å². The minimum absolute atomic E-state index is 0.0285. The molecule has 0 aliphatic rings. The molecule has 0 saturated carbocycles. The molecule has 148 valence electrons. The Kier molecular flexibility index (Phi) is 4.69. The van der Waals surface area contributed by atoms with E-state index in [9.17, 15) is 14.7 Å². The molecule has 4 aromatic rings. The molecule has 0 aliphatic carbocycles. The second kappa shape index (κ2) is 7.47. The van der Waals surface area contributed by atoms with Crippen LogP contribution in [0.25, 0.3) is 16.5 Å². The average Bonchev–Trinajstić information content (AvgIpc) is 3.17. The summed E-state index contributed by atoms with van der Waals surface area (Å²) in [5.41, 5.74) is 6.26. The molecule has 30 heavy (non-hydrogen) atoms. The number of aromatic carboxylic acids is 1. The number of nitrogens with zero attached hydrogens (tertiary/aromatic N) is 4. The van der Waals surface area contributed by atoms with Crippen molar-refractivity contribution < 1.29 is 19.8 Å². The number of nitrogens with two attached hydrogens (primary N) is 1. The number of hydrogen-bond acceptors (Lipinski definition) is 6. The fourth-order valence-electron chi connectivity index (χ4n) is 2.99. The molecular formula is C21H15N5O4. The van der Waals surface area contributed by atoms with Crippen LogP contribution < -0.4 is 5.73 Å². The van der Waals surface area contributed by atoms with Gasteiger partial charge in [-0.3, -0.25) is 4.79 Å². The van der Waals surface area contributed by atoms with Crippen LogP contribution in [0.3, 0.4) is 0 Å². The molecule has 0 saturated heterocycles. The Bertz CT molecular complexity index is 1310. The third-order valence-electron chi connectivity index (χ3n) is 4.49. The summed E-state index contributed by atoms with van der Waals surface area (Å²) in [6.07, 6.45) is 1.25. The van der Waals surface area contributed by atoms with Gasteiger partial charge in [-0.15, -0.1) is 10.2 Å². The van der Waals surface area contributed by atoms with Crippen molar-refractivity contribution in [3.8, 4) is 11.4 Å². The summed E-state index contributed by atoms with van der Waals surface area (Å²) in [5, 5.41) is 33.3. The molecule has 0 atom stereocenters. The van der Waals surface area contributed by atoms with Crippen molar-refractivity contribution in [2.24, 2.45) is 16.0 Å². The third-order valence-corrected chi connectivity index (χ3v) is 4.49. The maximum Gasteiger partial charge on any atom is 0.335 e. The van der Waals surface area contributed by atoms with Crippen molar-refractivity contribution in [1.29, 1.82) is 0 Å². The lowest BCUT2D eigenvalue weighted by molar-refractivity contribution is 0.0696. The Morgan fingerprint density at radius 2 is 1.70 bits per heavy atom. The van der Waals surface area contributed by atoms with E-state index >= 15 is 0 Å². The number of carbonyl (C=O) groups excluding carboxylic acids is 1. The lowest BCUT2D eigenvalue weighted by Crippen LogP contribution is -2.10. The molecule has 0 fully saturated rings. The van der Waals surface area contributed by atoms with E-state index in [2.05, 4.69) is 15.3 Å². The molecule has 9 nitrogen and oxygen atoms in total. The number of rotatable bonds is 5. The minimum Gasteiger partial charge on any atom is -0.506 e. The van der Waals surface area contributed by atoms with Gasteiger partial charge in [0.2, 0.25) is 0 Å². The summed E-state index contributed by atoms with van der Waals surface area (Å²) < 4.78 is 1.32. The molecule has 0 spiro atoms. The van der Waals surface area contributed by atoms with E-state index < -0.39 is 11.9 Å². The van der Waals surface area contributed by atoms with Gasteiger partial charge < -0.3 is 15.9 Å². The number of carboxylic acid groups (broad SMARTS) is 1. The van der Waals surface area contributed by atoms with Crippen LogP contribution in [0.2, 0.25) is 0 Å². The first-order valence-corrected chi connectivity index (χ1v) is 8.79. The van der Waals surface area contributed by atoms with E-state index in [1.807, 2.05) is 18.2 Å². The van der Waals surface area contributed by atoms with Crippen LogP contribution >= 0.6 is 0 Å². The summed E-state index contributed by atoms with van der Waals surface area (Å²) in [4.78, 5) is 22.9. The number of carbonyl (C=O) groups is 2. The SMILES string of the molecule is NC(=O)c1cnn(-c2ccc(C(=O)O)cc2)c1N=Nc1c(O)ccc2ccccc12. The van der Waals surface area contributed by atoms with Gasteiger partial charge in [0.25, 0.3) is 5.91 Å². The lowest BCUT2D eigenvalue weighted by atomic mass is 10.1. The molecule has 1 aromatic heterocycles.